The molecule has 1 atom stereocenters. The molecule has 1 N–H and O–H groups in total. The SMILES string of the molecule is CCNC(CCN(CC)CCOCC)C(C)(C)C. The Morgan fingerprint density at radius 1 is 1.11 bits per heavy atom. The van der Waals surface area contributed by atoms with Crippen LogP contribution in [0, 0.1) is 5.41 Å². The quantitative estimate of drug-likeness (QED) is 0.610. The summed E-state index contributed by atoms with van der Waals surface area (Å²) in [4.78, 5) is 2.48. The van der Waals surface area contributed by atoms with E-state index in [0.717, 1.165) is 39.4 Å². The highest BCUT2D eigenvalue weighted by atomic mass is 16.5. The molecule has 18 heavy (non-hydrogen) atoms. The third kappa shape index (κ3) is 8.06. The van der Waals surface area contributed by atoms with Crippen LogP contribution >= 0.6 is 0 Å². The van der Waals surface area contributed by atoms with Crippen molar-refractivity contribution in [2.75, 3.05) is 39.4 Å². The molecule has 0 aromatic heterocycles. The first-order valence-electron chi connectivity index (χ1n) is 7.49. The van der Waals surface area contributed by atoms with Gasteiger partial charge in [0.1, 0.15) is 0 Å². The number of ether oxygens (including phenoxy) is 1. The van der Waals surface area contributed by atoms with Crippen LogP contribution in [0.15, 0.2) is 0 Å². The topological polar surface area (TPSA) is 24.5 Å². The summed E-state index contributed by atoms with van der Waals surface area (Å²) in [7, 11) is 0. The van der Waals surface area contributed by atoms with Crippen molar-refractivity contribution in [3.05, 3.63) is 0 Å². The van der Waals surface area contributed by atoms with Crippen LogP contribution in [0.2, 0.25) is 0 Å². The summed E-state index contributed by atoms with van der Waals surface area (Å²) >= 11 is 0. The molecular weight excluding hydrogens is 224 g/mol. The van der Waals surface area contributed by atoms with Gasteiger partial charge in [-0.1, -0.05) is 34.6 Å². The number of likely N-dealkylation sites (N-methyl/N-ethyl adjacent to an activating group) is 1. The van der Waals surface area contributed by atoms with Crippen LogP contribution in [0.3, 0.4) is 0 Å². The first kappa shape index (κ1) is 17.9. The molecule has 0 radical (unpaired) electrons. The highest BCUT2D eigenvalue weighted by Crippen LogP contribution is 2.21. The largest absolute Gasteiger partial charge is 0.380 e. The van der Waals surface area contributed by atoms with Crippen molar-refractivity contribution >= 4 is 0 Å². The summed E-state index contributed by atoms with van der Waals surface area (Å²) in [5.41, 5.74) is 0.329. The van der Waals surface area contributed by atoms with E-state index in [4.69, 9.17) is 4.74 Å². The van der Waals surface area contributed by atoms with E-state index in [2.05, 4.69) is 51.8 Å². The molecule has 0 aromatic rings. The van der Waals surface area contributed by atoms with E-state index in [1.807, 2.05) is 0 Å². The van der Waals surface area contributed by atoms with Crippen LogP contribution in [0.1, 0.15) is 48.0 Å². The number of nitrogens with zero attached hydrogens (tertiary/aromatic N) is 1. The van der Waals surface area contributed by atoms with Crippen molar-refractivity contribution in [3.63, 3.8) is 0 Å². The van der Waals surface area contributed by atoms with Gasteiger partial charge in [-0.2, -0.15) is 0 Å². The van der Waals surface area contributed by atoms with Crippen LogP contribution in [-0.2, 0) is 4.74 Å². The Kier molecular flexibility index (Phi) is 9.70. The molecule has 0 saturated carbocycles. The van der Waals surface area contributed by atoms with E-state index < -0.39 is 0 Å². The fourth-order valence-corrected chi connectivity index (χ4v) is 2.17. The average Bonchev–Trinajstić information content (AvgIpc) is 2.30. The Bertz CT molecular complexity index is 189. The maximum Gasteiger partial charge on any atom is 0.0593 e. The van der Waals surface area contributed by atoms with E-state index in [1.165, 1.54) is 6.42 Å². The molecule has 0 spiro atoms. The molecule has 3 nitrogen and oxygen atoms in total. The van der Waals surface area contributed by atoms with Gasteiger partial charge >= 0.3 is 0 Å². The van der Waals surface area contributed by atoms with E-state index >= 15 is 0 Å². The van der Waals surface area contributed by atoms with Crippen LogP contribution in [-0.4, -0.2) is 50.3 Å². The summed E-state index contributed by atoms with van der Waals surface area (Å²) < 4.78 is 5.43. The summed E-state index contributed by atoms with van der Waals surface area (Å²) in [6, 6.07) is 0.587. The normalized spacial score (nSPS) is 14.2. The monoisotopic (exact) mass is 258 g/mol. The predicted octanol–water partition coefficient (Wildman–Crippen LogP) is 2.76. The van der Waals surface area contributed by atoms with Gasteiger partial charge in [-0.3, -0.25) is 0 Å². The first-order chi connectivity index (χ1) is 8.45. The van der Waals surface area contributed by atoms with Crippen LogP contribution < -0.4 is 5.32 Å². The van der Waals surface area contributed by atoms with E-state index in [-0.39, 0.29) is 0 Å². The van der Waals surface area contributed by atoms with Gasteiger partial charge < -0.3 is 15.0 Å². The maximum atomic E-state index is 5.43. The fourth-order valence-electron chi connectivity index (χ4n) is 2.17. The van der Waals surface area contributed by atoms with Gasteiger partial charge in [0.05, 0.1) is 6.61 Å². The van der Waals surface area contributed by atoms with Gasteiger partial charge in [0.2, 0.25) is 0 Å². The molecule has 1 unspecified atom stereocenters. The molecule has 0 aliphatic carbocycles. The molecule has 0 rings (SSSR count). The van der Waals surface area contributed by atoms with E-state index in [1.54, 1.807) is 0 Å². The van der Waals surface area contributed by atoms with Gasteiger partial charge in [-0.15, -0.1) is 0 Å². The Morgan fingerprint density at radius 3 is 2.22 bits per heavy atom. The zero-order chi connectivity index (χ0) is 14.0. The first-order valence-corrected chi connectivity index (χ1v) is 7.49. The van der Waals surface area contributed by atoms with Gasteiger partial charge in [-0.05, 0) is 38.4 Å². The lowest BCUT2D eigenvalue weighted by Gasteiger charge is -2.33. The second kappa shape index (κ2) is 9.76. The maximum absolute atomic E-state index is 5.43. The summed E-state index contributed by atoms with van der Waals surface area (Å²) in [6.45, 7) is 19.4. The Labute approximate surface area is 114 Å². The zero-order valence-electron chi connectivity index (χ0n) is 13.4. The summed E-state index contributed by atoms with van der Waals surface area (Å²) in [5, 5.41) is 3.61. The molecule has 0 amide bonds. The van der Waals surface area contributed by atoms with Crippen LogP contribution in [0.5, 0.6) is 0 Å². The van der Waals surface area contributed by atoms with Gasteiger partial charge in [0.25, 0.3) is 0 Å². The summed E-state index contributed by atoms with van der Waals surface area (Å²) in [6.07, 6.45) is 1.21. The molecule has 0 fully saturated rings. The van der Waals surface area contributed by atoms with Crippen molar-refractivity contribution in [3.8, 4) is 0 Å². The molecule has 3 heteroatoms. The fraction of sp³-hybridized carbons (Fsp3) is 1.00. The third-order valence-corrected chi connectivity index (χ3v) is 3.43. The lowest BCUT2D eigenvalue weighted by atomic mass is 9.84. The molecule has 0 heterocycles. The molecule has 110 valence electrons. The minimum Gasteiger partial charge on any atom is -0.380 e. The van der Waals surface area contributed by atoms with E-state index in [9.17, 15) is 0 Å². The standard InChI is InChI=1S/C15H34N2O/c1-7-16-14(15(4,5)6)10-11-17(8-2)12-13-18-9-3/h14,16H,7-13H2,1-6H3. The predicted molar refractivity (Wildman–Crippen MR) is 80.1 cm³/mol. The highest BCUT2D eigenvalue weighted by Gasteiger charge is 2.23. The smallest absolute Gasteiger partial charge is 0.0593 e. The van der Waals surface area contributed by atoms with Crippen molar-refractivity contribution < 1.29 is 4.74 Å². The Morgan fingerprint density at radius 2 is 1.78 bits per heavy atom. The second-order valence-electron chi connectivity index (χ2n) is 5.90. The number of nitrogens with one attached hydrogen (secondary N) is 1. The second-order valence-corrected chi connectivity index (χ2v) is 5.90. The minimum absolute atomic E-state index is 0.329. The van der Waals surface area contributed by atoms with Crippen molar-refractivity contribution in [2.24, 2.45) is 5.41 Å². The Hall–Kier alpha value is -0.120. The van der Waals surface area contributed by atoms with Crippen LogP contribution in [0.25, 0.3) is 0 Å². The van der Waals surface area contributed by atoms with Gasteiger partial charge in [-0.25, -0.2) is 0 Å². The van der Waals surface area contributed by atoms with Gasteiger partial charge in [0, 0.05) is 19.2 Å². The van der Waals surface area contributed by atoms with Gasteiger partial charge in [0.15, 0.2) is 0 Å². The Balaban J connectivity index is 4.05. The molecule has 0 bridgehead atoms. The van der Waals surface area contributed by atoms with Crippen molar-refractivity contribution in [2.45, 2.75) is 54.0 Å². The highest BCUT2D eigenvalue weighted by molar-refractivity contribution is 4.81. The average molecular weight is 258 g/mol. The molecule has 0 aliphatic heterocycles. The molecular formula is C15H34N2O. The molecule has 0 saturated heterocycles. The molecule has 0 aliphatic rings. The van der Waals surface area contributed by atoms with E-state index in [0.29, 0.717) is 11.5 Å². The van der Waals surface area contributed by atoms with Crippen molar-refractivity contribution in [1.82, 2.24) is 10.2 Å². The number of hydrogen-bond donors (Lipinski definition) is 1. The minimum atomic E-state index is 0.329. The molecule has 0 aromatic carbocycles. The number of rotatable bonds is 10. The third-order valence-electron chi connectivity index (χ3n) is 3.43. The zero-order valence-corrected chi connectivity index (χ0v) is 13.4. The van der Waals surface area contributed by atoms with Crippen LogP contribution in [0.4, 0.5) is 0 Å². The van der Waals surface area contributed by atoms with Crippen molar-refractivity contribution in [1.29, 1.82) is 0 Å². The number of hydrogen-bond acceptors (Lipinski definition) is 3. The lowest BCUT2D eigenvalue weighted by Crippen LogP contribution is -2.43. The lowest BCUT2D eigenvalue weighted by molar-refractivity contribution is 0.110. The summed E-state index contributed by atoms with van der Waals surface area (Å²) in [5.74, 6) is 0.